The second-order valence-corrected chi connectivity index (χ2v) is 5.76. The zero-order valence-electron chi connectivity index (χ0n) is 8.29. The van der Waals surface area contributed by atoms with Gasteiger partial charge in [0, 0.05) is 11.4 Å². The van der Waals surface area contributed by atoms with Crippen molar-refractivity contribution in [3.05, 3.63) is 9.98 Å². The zero-order chi connectivity index (χ0) is 9.97. The van der Waals surface area contributed by atoms with Gasteiger partial charge in [0.1, 0.15) is 4.60 Å². The van der Waals surface area contributed by atoms with Gasteiger partial charge in [0.05, 0.1) is 0 Å². The number of nitrogens with zero attached hydrogens (tertiary/aromatic N) is 1. The molecule has 1 saturated carbocycles. The Balaban J connectivity index is 1.90. The minimum Gasteiger partial charge on any atom is -0.359 e. The van der Waals surface area contributed by atoms with E-state index in [-0.39, 0.29) is 0 Å². The molecule has 1 heterocycles. The lowest BCUT2D eigenvalue weighted by molar-refractivity contribution is 0.358. The van der Waals surface area contributed by atoms with Crippen LogP contribution in [0.2, 0.25) is 0 Å². The Kier molecular flexibility index (Phi) is 3.44. The van der Waals surface area contributed by atoms with E-state index < -0.39 is 0 Å². The van der Waals surface area contributed by atoms with Crippen LogP contribution in [0.15, 0.2) is 9.98 Å². The Morgan fingerprint density at radius 1 is 1.57 bits per heavy atom. The van der Waals surface area contributed by atoms with Gasteiger partial charge in [0.15, 0.2) is 5.13 Å². The highest BCUT2D eigenvalue weighted by atomic mass is 79.9. The highest BCUT2D eigenvalue weighted by Crippen LogP contribution is 2.28. The third-order valence-electron chi connectivity index (χ3n) is 2.74. The smallest absolute Gasteiger partial charge is 0.183 e. The molecular weight excluding hydrogens is 260 g/mol. The van der Waals surface area contributed by atoms with Crippen LogP contribution in [-0.2, 0) is 0 Å². The lowest BCUT2D eigenvalue weighted by atomic mass is 9.87. The minimum atomic E-state index is 0.636. The predicted molar refractivity (Wildman–Crippen MR) is 64.9 cm³/mol. The van der Waals surface area contributed by atoms with Crippen LogP contribution in [0.1, 0.15) is 32.6 Å². The van der Waals surface area contributed by atoms with E-state index >= 15 is 0 Å². The molecule has 1 N–H and O–H groups in total. The van der Waals surface area contributed by atoms with Crippen molar-refractivity contribution >= 4 is 32.4 Å². The Labute approximate surface area is 97.3 Å². The van der Waals surface area contributed by atoms with Gasteiger partial charge in [-0.05, 0) is 34.7 Å². The summed E-state index contributed by atoms with van der Waals surface area (Å²) in [4.78, 5) is 4.35. The van der Waals surface area contributed by atoms with E-state index in [1.807, 2.05) is 5.38 Å². The molecule has 0 aromatic carbocycles. The Bertz CT molecular complexity index is 300. The number of aromatic nitrogens is 1. The van der Waals surface area contributed by atoms with Gasteiger partial charge >= 0.3 is 0 Å². The molecular formula is C10H15BrN2S. The van der Waals surface area contributed by atoms with E-state index in [2.05, 4.69) is 33.2 Å². The van der Waals surface area contributed by atoms with Crippen LogP contribution in [0.25, 0.3) is 0 Å². The topological polar surface area (TPSA) is 24.9 Å². The summed E-state index contributed by atoms with van der Waals surface area (Å²) in [5.74, 6) is 0.865. The summed E-state index contributed by atoms with van der Waals surface area (Å²) < 4.78 is 0.939. The number of hydrogen-bond acceptors (Lipinski definition) is 3. The van der Waals surface area contributed by atoms with E-state index in [0.717, 1.165) is 15.7 Å². The summed E-state index contributed by atoms with van der Waals surface area (Å²) in [6.07, 6.45) is 5.32. The standard InChI is InChI=1S/C10H15BrN2S/c1-7-3-2-4-8(5-7)12-10-13-9(11)6-14-10/h6-8H,2-5H2,1H3,(H,12,13). The van der Waals surface area contributed by atoms with Crippen molar-refractivity contribution in [2.45, 2.75) is 38.6 Å². The van der Waals surface area contributed by atoms with Crippen LogP contribution < -0.4 is 5.32 Å². The van der Waals surface area contributed by atoms with Crippen molar-refractivity contribution in [3.8, 4) is 0 Å². The molecule has 2 nitrogen and oxygen atoms in total. The third-order valence-corrected chi connectivity index (χ3v) is 4.22. The fourth-order valence-corrected chi connectivity index (χ4v) is 3.28. The largest absolute Gasteiger partial charge is 0.359 e. The van der Waals surface area contributed by atoms with Crippen molar-refractivity contribution in [2.24, 2.45) is 5.92 Å². The number of nitrogens with one attached hydrogen (secondary N) is 1. The van der Waals surface area contributed by atoms with Gasteiger partial charge < -0.3 is 5.32 Å². The second-order valence-electron chi connectivity index (χ2n) is 4.09. The molecule has 2 rings (SSSR count). The molecule has 0 saturated heterocycles. The molecule has 0 spiro atoms. The van der Waals surface area contributed by atoms with Gasteiger partial charge in [-0.25, -0.2) is 4.98 Å². The highest BCUT2D eigenvalue weighted by Gasteiger charge is 2.19. The van der Waals surface area contributed by atoms with Crippen molar-refractivity contribution < 1.29 is 0 Å². The maximum atomic E-state index is 4.35. The molecule has 1 aliphatic carbocycles. The molecule has 1 aliphatic rings. The van der Waals surface area contributed by atoms with Crippen LogP contribution in [0.4, 0.5) is 5.13 Å². The quantitative estimate of drug-likeness (QED) is 0.885. The average Bonchev–Trinajstić information content (AvgIpc) is 2.51. The summed E-state index contributed by atoms with van der Waals surface area (Å²) >= 11 is 5.04. The highest BCUT2D eigenvalue weighted by molar-refractivity contribution is 9.10. The molecule has 1 aromatic heterocycles. The van der Waals surface area contributed by atoms with Crippen LogP contribution >= 0.6 is 27.3 Å². The second kappa shape index (κ2) is 4.62. The molecule has 0 bridgehead atoms. The first-order valence-corrected chi connectivity index (χ1v) is 6.79. The number of thiazole rings is 1. The average molecular weight is 275 g/mol. The van der Waals surface area contributed by atoms with Gasteiger partial charge in [-0.15, -0.1) is 11.3 Å². The maximum Gasteiger partial charge on any atom is 0.183 e. The number of halogens is 1. The van der Waals surface area contributed by atoms with E-state index in [1.54, 1.807) is 11.3 Å². The van der Waals surface area contributed by atoms with Crippen molar-refractivity contribution in [1.82, 2.24) is 4.98 Å². The Morgan fingerprint density at radius 3 is 3.07 bits per heavy atom. The molecule has 4 heteroatoms. The van der Waals surface area contributed by atoms with E-state index in [9.17, 15) is 0 Å². The molecule has 0 amide bonds. The summed E-state index contributed by atoms with van der Waals surface area (Å²) in [6, 6.07) is 0.636. The van der Waals surface area contributed by atoms with Crippen molar-refractivity contribution in [3.63, 3.8) is 0 Å². The van der Waals surface area contributed by atoms with Gasteiger partial charge in [-0.1, -0.05) is 19.8 Å². The van der Waals surface area contributed by atoms with Crippen molar-refractivity contribution in [2.75, 3.05) is 5.32 Å². The first-order valence-electron chi connectivity index (χ1n) is 5.11. The lowest BCUT2D eigenvalue weighted by Gasteiger charge is -2.27. The van der Waals surface area contributed by atoms with Crippen LogP contribution in [0.3, 0.4) is 0 Å². The fraction of sp³-hybridized carbons (Fsp3) is 0.700. The number of anilines is 1. The van der Waals surface area contributed by atoms with Crippen LogP contribution in [-0.4, -0.2) is 11.0 Å². The predicted octanol–water partition coefficient (Wildman–Crippen LogP) is 3.90. The summed E-state index contributed by atoms with van der Waals surface area (Å²) in [5, 5.41) is 6.58. The maximum absolute atomic E-state index is 4.35. The van der Waals surface area contributed by atoms with Gasteiger partial charge in [0.2, 0.25) is 0 Å². The third kappa shape index (κ3) is 2.70. The lowest BCUT2D eigenvalue weighted by Crippen LogP contribution is -2.26. The van der Waals surface area contributed by atoms with Crippen LogP contribution in [0, 0.1) is 5.92 Å². The number of hydrogen-bond donors (Lipinski definition) is 1. The minimum absolute atomic E-state index is 0.636. The number of rotatable bonds is 2. The zero-order valence-corrected chi connectivity index (χ0v) is 10.7. The monoisotopic (exact) mass is 274 g/mol. The summed E-state index contributed by atoms with van der Waals surface area (Å²) in [6.45, 7) is 2.34. The van der Waals surface area contributed by atoms with E-state index in [4.69, 9.17) is 0 Å². The Hall–Kier alpha value is -0.0900. The molecule has 2 atom stereocenters. The molecule has 14 heavy (non-hydrogen) atoms. The molecule has 1 fully saturated rings. The van der Waals surface area contributed by atoms with Gasteiger partial charge in [-0.3, -0.25) is 0 Å². The van der Waals surface area contributed by atoms with E-state index in [1.165, 1.54) is 25.7 Å². The van der Waals surface area contributed by atoms with Gasteiger partial charge in [-0.2, -0.15) is 0 Å². The molecule has 0 radical (unpaired) electrons. The van der Waals surface area contributed by atoms with Gasteiger partial charge in [0.25, 0.3) is 0 Å². The first kappa shape index (κ1) is 10.4. The molecule has 0 aliphatic heterocycles. The fourth-order valence-electron chi connectivity index (χ4n) is 2.06. The first-order chi connectivity index (χ1) is 6.74. The summed E-state index contributed by atoms with van der Waals surface area (Å²) in [5.41, 5.74) is 0. The van der Waals surface area contributed by atoms with E-state index in [0.29, 0.717) is 6.04 Å². The molecule has 78 valence electrons. The molecule has 1 aromatic rings. The summed E-state index contributed by atoms with van der Waals surface area (Å²) in [7, 11) is 0. The normalized spacial score (nSPS) is 27.6. The SMILES string of the molecule is CC1CCCC(Nc2nc(Br)cs2)C1. The van der Waals surface area contributed by atoms with Crippen molar-refractivity contribution in [1.29, 1.82) is 0 Å². The Morgan fingerprint density at radius 2 is 2.43 bits per heavy atom. The molecule has 2 unspecified atom stereocenters. The van der Waals surface area contributed by atoms with Crippen LogP contribution in [0.5, 0.6) is 0 Å².